The van der Waals surface area contributed by atoms with Gasteiger partial charge >= 0.3 is 0 Å². The van der Waals surface area contributed by atoms with Gasteiger partial charge in [0.05, 0.1) is 31.4 Å². The zero-order valence-electron chi connectivity index (χ0n) is 16.4. The minimum absolute atomic E-state index is 0.598. The first-order chi connectivity index (χ1) is 14.2. The third-order valence-corrected chi connectivity index (χ3v) is 5.30. The molecule has 1 N–H and O–H groups in total. The molecule has 1 aliphatic rings. The van der Waals surface area contributed by atoms with E-state index >= 15 is 0 Å². The number of amidine groups is 1. The Labute approximate surface area is 173 Å². The van der Waals surface area contributed by atoms with E-state index in [4.69, 9.17) is 19.2 Å². The van der Waals surface area contributed by atoms with Gasteiger partial charge in [-0.1, -0.05) is 6.07 Å². The number of nitrogens with one attached hydrogen (secondary N) is 1. The Kier molecular flexibility index (Phi) is 5.48. The molecule has 0 radical (unpaired) electrons. The molecule has 148 valence electrons. The zero-order chi connectivity index (χ0) is 20.2. The normalized spacial score (nSPS) is 12.8. The molecule has 1 aliphatic heterocycles. The van der Waals surface area contributed by atoms with Crippen LogP contribution in [0.1, 0.15) is 22.9 Å². The lowest BCUT2D eigenvalue weighted by Gasteiger charge is -2.10. The second kappa shape index (κ2) is 8.36. The molecule has 29 heavy (non-hydrogen) atoms. The summed E-state index contributed by atoms with van der Waals surface area (Å²) in [4.78, 5) is 5.90. The molecule has 0 amide bonds. The highest BCUT2D eigenvalue weighted by Crippen LogP contribution is 2.31. The summed E-state index contributed by atoms with van der Waals surface area (Å²) in [7, 11) is 3.25. The number of hydrazone groups is 1. The highest BCUT2D eigenvalue weighted by Gasteiger charge is 2.19. The summed E-state index contributed by atoms with van der Waals surface area (Å²) in [5.74, 6) is 2.77. The van der Waals surface area contributed by atoms with Crippen LogP contribution < -0.4 is 19.6 Å². The maximum Gasteiger partial charge on any atom is 0.154 e. The Morgan fingerprint density at radius 2 is 1.76 bits per heavy atom. The number of fused-ring (bicyclic) bond motifs is 1. The zero-order valence-corrected chi connectivity index (χ0v) is 17.2. The topological polar surface area (TPSA) is 64.4 Å². The van der Waals surface area contributed by atoms with Gasteiger partial charge in [0, 0.05) is 17.2 Å². The monoisotopic (exact) mass is 407 g/mol. The molecule has 0 aliphatic carbocycles. The van der Waals surface area contributed by atoms with Gasteiger partial charge in [-0.2, -0.15) is 5.10 Å². The van der Waals surface area contributed by atoms with Crippen LogP contribution in [0.2, 0.25) is 0 Å². The summed E-state index contributed by atoms with van der Waals surface area (Å²) in [6.07, 6.45) is 0. The van der Waals surface area contributed by atoms with Crippen LogP contribution in [0.25, 0.3) is 0 Å². The van der Waals surface area contributed by atoms with E-state index in [2.05, 4.69) is 10.5 Å². The van der Waals surface area contributed by atoms with Crippen LogP contribution in [0, 0.1) is 0 Å². The first kappa shape index (κ1) is 19.0. The van der Waals surface area contributed by atoms with Crippen molar-refractivity contribution >= 4 is 28.6 Å². The predicted molar refractivity (Wildman–Crippen MR) is 116 cm³/mol. The lowest BCUT2D eigenvalue weighted by atomic mass is 10.1. The minimum atomic E-state index is 0.598. The molecule has 3 aromatic rings. The van der Waals surface area contributed by atoms with Gasteiger partial charge in [0.1, 0.15) is 23.0 Å². The van der Waals surface area contributed by atoms with Gasteiger partial charge in [0.15, 0.2) is 5.84 Å². The lowest BCUT2D eigenvalue weighted by Crippen LogP contribution is -2.19. The number of rotatable bonds is 6. The predicted octanol–water partition coefficient (Wildman–Crippen LogP) is 4.60. The molecule has 0 bridgehead atoms. The Morgan fingerprint density at radius 3 is 2.41 bits per heavy atom. The van der Waals surface area contributed by atoms with Crippen LogP contribution in [0.15, 0.2) is 64.0 Å². The smallest absolute Gasteiger partial charge is 0.154 e. The van der Waals surface area contributed by atoms with Gasteiger partial charge in [-0.15, -0.1) is 11.3 Å². The number of benzene rings is 2. The molecule has 2 heterocycles. The van der Waals surface area contributed by atoms with Crippen molar-refractivity contribution in [2.75, 3.05) is 20.8 Å². The van der Waals surface area contributed by atoms with Crippen LogP contribution in [-0.2, 0) is 0 Å². The number of hydrogen-bond donors (Lipinski definition) is 1. The van der Waals surface area contributed by atoms with Crippen molar-refractivity contribution in [1.82, 2.24) is 5.43 Å². The molecule has 0 saturated heterocycles. The fraction of sp³-hybridized carbons (Fsp3) is 0.182. The molecule has 4 rings (SSSR count). The number of ether oxygens (including phenoxy) is 3. The number of nitrogens with zero attached hydrogens (tertiary/aromatic N) is 2. The second-order valence-electron chi connectivity index (χ2n) is 6.22. The highest BCUT2D eigenvalue weighted by molar-refractivity contribution is 7.12. The van der Waals surface area contributed by atoms with Gasteiger partial charge < -0.3 is 14.2 Å². The summed E-state index contributed by atoms with van der Waals surface area (Å²) < 4.78 is 16.5. The maximum absolute atomic E-state index is 5.70. The summed E-state index contributed by atoms with van der Waals surface area (Å²) in [6.45, 7) is 2.56. The van der Waals surface area contributed by atoms with Crippen LogP contribution in [0.5, 0.6) is 17.2 Å². The Hall–Kier alpha value is -3.32. The van der Waals surface area contributed by atoms with Crippen molar-refractivity contribution in [2.24, 2.45) is 10.1 Å². The Balaban J connectivity index is 1.85. The van der Waals surface area contributed by atoms with Crippen molar-refractivity contribution in [1.29, 1.82) is 0 Å². The fourth-order valence-corrected chi connectivity index (χ4v) is 3.78. The van der Waals surface area contributed by atoms with Gasteiger partial charge in [-0.05, 0) is 48.7 Å². The third kappa shape index (κ3) is 3.95. The van der Waals surface area contributed by atoms with Crippen LogP contribution in [-0.4, -0.2) is 32.4 Å². The summed E-state index contributed by atoms with van der Waals surface area (Å²) >= 11 is 1.63. The van der Waals surface area contributed by atoms with E-state index < -0.39 is 0 Å². The molecule has 6 nitrogen and oxygen atoms in total. The van der Waals surface area contributed by atoms with Crippen molar-refractivity contribution in [3.63, 3.8) is 0 Å². The van der Waals surface area contributed by atoms with E-state index in [9.17, 15) is 0 Å². The standard InChI is InChI=1S/C22H21N3O3S/c1-4-28-15-7-8-19-18(13-15)21(20-6-5-9-29-20)24-25-22(23-19)14-10-16(26-2)12-17(11-14)27-3/h5-13H,4H2,1-3H3,(H,23,25). The van der Waals surface area contributed by atoms with Crippen LogP contribution in [0.4, 0.5) is 5.69 Å². The number of thiophene rings is 1. The Bertz CT molecular complexity index is 1050. The highest BCUT2D eigenvalue weighted by atomic mass is 32.1. The van der Waals surface area contributed by atoms with E-state index in [0.717, 1.165) is 33.2 Å². The van der Waals surface area contributed by atoms with Gasteiger partial charge in [0.2, 0.25) is 0 Å². The average Bonchev–Trinajstić information content (AvgIpc) is 3.21. The molecule has 0 spiro atoms. The number of aliphatic imine (C=N–C) groups is 1. The third-order valence-electron chi connectivity index (χ3n) is 4.42. The van der Waals surface area contributed by atoms with Crippen LogP contribution in [0.3, 0.4) is 0 Å². The summed E-state index contributed by atoms with van der Waals surface area (Å²) in [5.41, 5.74) is 6.49. The maximum atomic E-state index is 5.70. The fourth-order valence-electron chi connectivity index (χ4n) is 3.05. The van der Waals surface area contributed by atoms with Gasteiger partial charge in [-0.3, -0.25) is 5.43 Å². The second-order valence-corrected chi connectivity index (χ2v) is 7.17. The lowest BCUT2D eigenvalue weighted by molar-refractivity contribution is 0.340. The van der Waals surface area contributed by atoms with Crippen molar-refractivity contribution in [2.45, 2.75) is 6.92 Å². The minimum Gasteiger partial charge on any atom is -0.497 e. The molecule has 7 heteroatoms. The largest absolute Gasteiger partial charge is 0.497 e. The van der Waals surface area contributed by atoms with Gasteiger partial charge in [0.25, 0.3) is 0 Å². The molecule has 1 aromatic heterocycles. The number of methoxy groups -OCH3 is 2. The van der Waals surface area contributed by atoms with E-state index in [0.29, 0.717) is 23.9 Å². The SMILES string of the molecule is CCOc1ccc2c(c1)C(c1cccs1)=NNC(c1cc(OC)cc(OC)c1)=N2. The summed E-state index contributed by atoms with van der Waals surface area (Å²) in [5, 5.41) is 6.72. The first-order valence-electron chi connectivity index (χ1n) is 9.18. The molecular formula is C22H21N3O3S. The first-order valence-corrected chi connectivity index (χ1v) is 10.1. The molecule has 2 aromatic carbocycles. The van der Waals surface area contributed by atoms with Crippen molar-refractivity contribution in [3.8, 4) is 17.2 Å². The van der Waals surface area contributed by atoms with Crippen LogP contribution >= 0.6 is 11.3 Å². The molecular weight excluding hydrogens is 386 g/mol. The molecule has 0 atom stereocenters. The molecule has 0 unspecified atom stereocenters. The quantitative estimate of drug-likeness (QED) is 0.649. The van der Waals surface area contributed by atoms with Crippen molar-refractivity contribution < 1.29 is 14.2 Å². The van der Waals surface area contributed by atoms with E-state index in [-0.39, 0.29) is 0 Å². The Morgan fingerprint density at radius 1 is 0.966 bits per heavy atom. The number of hydrogen-bond acceptors (Lipinski definition) is 7. The van der Waals surface area contributed by atoms with Gasteiger partial charge in [-0.25, -0.2) is 4.99 Å². The van der Waals surface area contributed by atoms with E-state index in [1.165, 1.54) is 0 Å². The van der Waals surface area contributed by atoms with Crippen molar-refractivity contribution in [3.05, 3.63) is 69.9 Å². The molecule has 0 saturated carbocycles. The average molecular weight is 407 g/mol. The molecule has 0 fully saturated rings. The summed E-state index contributed by atoms with van der Waals surface area (Å²) in [6, 6.07) is 15.5. The van der Waals surface area contributed by atoms with E-state index in [1.807, 2.05) is 60.8 Å². The van der Waals surface area contributed by atoms with E-state index in [1.54, 1.807) is 25.6 Å².